The number of carbonyl (C=O) groups is 2. The van der Waals surface area contributed by atoms with Gasteiger partial charge in [0.15, 0.2) is 5.13 Å². The highest BCUT2D eigenvalue weighted by Crippen LogP contribution is 2.25. The Balaban J connectivity index is 1.58. The van der Waals surface area contributed by atoms with Crippen LogP contribution in [0.4, 0.5) is 10.8 Å². The number of nitrogens with one attached hydrogen (secondary N) is 2. The van der Waals surface area contributed by atoms with E-state index in [-0.39, 0.29) is 18.4 Å². The van der Waals surface area contributed by atoms with Gasteiger partial charge in [-0.15, -0.1) is 11.3 Å². The Morgan fingerprint density at radius 1 is 1.07 bits per heavy atom. The number of ether oxygens (including phenoxy) is 1. The number of rotatable bonds is 7. The number of thiazole rings is 1. The van der Waals surface area contributed by atoms with Crippen molar-refractivity contribution in [2.75, 3.05) is 23.8 Å². The topological polar surface area (TPSA) is 80.3 Å². The Labute approximate surface area is 161 Å². The molecule has 1 aromatic heterocycles. The van der Waals surface area contributed by atoms with Gasteiger partial charge >= 0.3 is 5.97 Å². The predicted molar refractivity (Wildman–Crippen MR) is 107 cm³/mol. The van der Waals surface area contributed by atoms with Gasteiger partial charge in [0.25, 0.3) is 5.91 Å². The summed E-state index contributed by atoms with van der Waals surface area (Å²) in [6.45, 7) is 2.19. The summed E-state index contributed by atoms with van der Waals surface area (Å²) in [7, 11) is 0. The van der Waals surface area contributed by atoms with Crippen molar-refractivity contribution in [3.8, 4) is 11.3 Å². The van der Waals surface area contributed by atoms with Crippen molar-refractivity contribution in [1.82, 2.24) is 4.98 Å². The van der Waals surface area contributed by atoms with Gasteiger partial charge < -0.3 is 10.1 Å². The fraction of sp³-hybridized carbons (Fsp3) is 0.150. The zero-order valence-corrected chi connectivity index (χ0v) is 15.6. The molecule has 138 valence electrons. The zero-order chi connectivity index (χ0) is 19.1. The summed E-state index contributed by atoms with van der Waals surface area (Å²) >= 11 is 1.38. The lowest BCUT2D eigenvalue weighted by atomic mass is 10.2. The fourth-order valence-electron chi connectivity index (χ4n) is 2.37. The molecule has 0 spiro atoms. The molecule has 2 N–H and O–H groups in total. The maximum absolute atomic E-state index is 12.4. The maximum atomic E-state index is 12.4. The van der Waals surface area contributed by atoms with Crippen LogP contribution in [0, 0.1) is 0 Å². The van der Waals surface area contributed by atoms with Crippen LogP contribution < -0.4 is 10.6 Å². The van der Waals surface area contributed by atoms with Gasteiger partial charge in [0.2, 0.25) is 0 Å². The molecule has 3 rings (SSSR count). The highest BCUT2D eigenvalue weighted by atomic mass is 32.1. The van der Waals surface area contributed by atoms with Crippen LogP contribution in [0.5, 0.6) is 0 Å². The van der Waals surface area contributed by atoms with Crippen LogP contribution in [-0.4, -0.2) is 30.0 Å². The summed E-state index contributed by atoms with van der Waals surface area (Å²) < 4.78 is 4.85. The van der Waals surface area contributed by atoms with Crippen LogP contribution in [-0.2, 0) is 9.53 Å². The molecule has 1 heterocycles. The van der Waals surface area contributed by atoms with Crippen LogP contribution in [0.15, 0.2) is 60.0 Å². The number of hydrogen-bond acceptors (Lipinski definition) is 6. The molecule has 0 fully saturated rings. The molecular weight excluding hydrogens is 362 g/mol. The first-order chi connectivity index (χ1) is 13.2. The Morgan fingerprint density at radius 3 is 2.52 bits per heavy atom. The van der Waals surface area contributed by atoms with Crippen LogP contribution in [0.25, 0.3) is 11.3 Å². The normalized spacial score (nSPS) is 10.3. The molecule has 0 unspecified atom stereocenters. The minimum Gasteiger partial charge on any atom is -0.465 e. The van der Waals surface area contributed by atoms with Gasteiger partial charge in [0.05, 0.1) is 12.3 Å². The molecule has 7 heteroatoms. The van der Waals surface area contributed by atoms with E-state index in [1.807, 2.05) is 35.7 Å². The number of anilines is 2. The average molecular weight is 381 g/mol. The molecule has 0 aliphatic rings. The summed E-state index contributed by atoms with van der Waals surface area (Å²) in [5.74, 6) is -0.557. The van der Waals surface area contributed by atoms with Crippen LogP contribution in [0.1, 0.15) is 17.3 Å². The number of benzene rings is 2. The quantitative estimate of drug-likeness (QED) is 0.604. The SMILES string of the molecule is CCOC(=O)CNc1ccc(C(=O)Nc2nc(-c3ccccc3)cs2)cc1. The fourth-order valence-corrected chi connectivity index (χ4v) is 3.08. The van der Waals surface area contributed by atoms with Crippen LogP contribution >= 0.6 is 11.3 Å². The van der Waals surface area contributed by atoms with Crippen molar-refractivity contribution in [3.05, 3.63) is 65.5 Å². The van der Waals surface area contributed by atoms with Crippen LogP contribution in [0.3, 0.4) is 0 Å². The number of esters is 1. The molecule has 1 amide bonds. The smallest absolute Gasteiger partial charge is 0.325 e. The summed E-state index contributed by atoms with van der Waals surface area (Å²) in [5, 5.41) is 8.21. The third-order valence-electron chi connectivity index (χ3n) is 3.68. The molecule has 0 saturated carbocycles. The second-order valence-corrected chi connectivity index (χ2v) is 6.45. The van der Waals surface area contributed by atoms with E-state index < -0.39 is 0 Å². The lowest BCUT2D eigenvalue weighted by molar-refractivity contribution is -0.140. The molecule has 6 nitrogen and oxygen atoms in total. The highest BCUT2D eigenvalue weighted by molar-refractivity contribution is 7.14. The van der Waals surface area contributed by atoms with Gasteiger partial charge in [-0.3, -0.25) is 14.9 Å². The second kappa shape index (κ2) is 8.95. The van der Waals surface area contributed by atoms with Crippen LogP contribution in [0.2, 0.25) is 0 Å². The number of hydrogen-bond donors (Lipinski definition) is 2. The monoisotopic (exact) mass is 381 g/mol. The molecule has 0 radical (unpaired) electrons. The van der Waals surface area contributed by atoms with Gasteiger partial charge in [-0.2, -0.15) is 0 Å². The summed E-state index contributed by atoms with van der Waals surface area (Å²) in [5.41, 5.74) is 3.08. The van der Waals surface area contributed by atoms with E-state index in [2.05, 4.69) is 15.6 Å². The first kappa shape index (κ1) is 18.6. The molecular formula is C20H19N3O3S. The third kappa shape index (κ3) is 5.15. The molecule has 2 aromatic carbocycles. The Bertz CT molecular complexity index is 908. The van der Waals surface area contributed by atoms with Gasteiger partial charge in [-0.05, 0) is 31.2 Å². The summed E-state index contributed by atoms with van der Waals surface area (Å²) in [6.07, 6.45) is 0. The minimum atomic E-state index is -0.322. The maximum Gasteiger partial charge on any atom is 0.325 e. The van der Waals surface area contributed by atoms with E-state index >= 15 is 0 Å². The van der Waals surface area contributed by atoms with Crippen molar-refractivity contribution in [2.24, 2.45) is 0 Å². The van der Waals surface area contributed by atoms with Gasteiger partial charge in [0.1, 0.15) is 6.54 Å². The first-order valence-electron chi connectivity index (χ1n) is 8.47. The van der Waals surface area contributed by atoms with E-state index in [0.717, 1.165) is 16.9 Å². The lowest BCUT2D eigenvalue weighted by Crippen LogP contribution is -2.17. The van der Waals surface area contributed by atoms with Crippen molar-refractivity contribution < 1.29 is 14.3 Å². The average Bonchev–Trinajstić information content (AvgIpc) is 3.16. The van der Waals surface area contributed by atoms with E-state index in [9.17, 15) is 9.59 Å². The first-order valence-corrected chi connectivity index (χ1v) is 9.35. The van der Waals surface area contributed by atoms with E-state index in [1.54, 1.807) is 31.2 Å². The van der Waals surface area contributed by atoms with E-state index in [0.29, 0.717) is 17.3 Å². The Kier molecular flexibility index (Phi) is 6.17. The Hall–Kier alpha value is -3.19. The summed E-state index contributed by atoms with van der Waals surface area (Å²) in [4.78, 5) is 28.2. The van der Waals surface area contributed by atoms with E-state index in [4.69, 9.17) is 4.74 Å². The number of amides is 1. The van der Waals surface area contributed by atoms with Gasteiger partial charge in [-0.25, -0.2) is 4.98 Å². The Morgan fingerprint density at radius 2 is 1.81 bits per heavy atom. The highest BCUT2D eigenvalue weighted by Gasteiger charge is 2.10. The lowest BCUT2D eigenvalue weighted by Gasteiger charge is -2.07. The standard InChI is InChI=1S/C20H19N3O3S/c1-2-26-18(24)12-21-16-10-8-15(9-11-16)19(25)23-20-22-17(13-27-20)14-6-4-3-5-7-14/h3-11,13,21H,2,12H2,1H3,(H,22,23,25). The molecule has 0 aliphatic carbocycles. The second-order valence-electron chi connectivity index (χ2n) is 5.59. The third-order valence-corrected chi connectivity index (χ3v) is 4.44. The van der Waals surface area contributed by atoms with E-state index in [1.165, 1.54) is 11.3 Å². The van der Waals surface area contributed by atoms with Gasteiger partial charge in [-0.1, -0.05) is 30.3 Å². The molecule has 0 bridgehead atoms. The molecule has 27 heavy (non-hydrogen) atoms. The minimum absolute atomic E-state index is 0.0841. The largest absolute Gasteiger partial charge is 0.465 e. The van der Waals surface area contributed by atoms with Gasteiger partial charge in [0, 0.05) is 22.2 Å². The summed E-state index contributed by atoms with van der Waals surface area (Å²) in [6, 6.07) is 16.7. The van der Waals surface area contributed by atoms with Crippen molar-refractivity contribution >= 4 is 34.0 Å². The van der Waals surface area contributed by atoms with Crippen molar-refractivity contribution in [1.29, 1.82) is 0 Å². The number of nitrogens with zero attached hydrogens (tertiary/aromatic N) is 1. The molecule has 0 saturated heterocycles. The predicted octanol–water partition coefficient (Wildman–Crippen LogP) is 4.04. The molecule has 0 aliphatic heterocycles. The zero-order valence-electron chi connectivity index (χ0n) is 14.8. The van der Waals surface area contributed by atoms with Crippen molar-refractivity contribution in [2.45, 2.75) is 6.92 Å². The molecule has 3 aromatic rings. The molecule has 0 atom stereocenters. The van der Waals surface area contributed by atoms with Crippen molar-refractivity contribution in [3.63, 3.8) is 0 Å². The number of aromatic nitrogens is 1. The number of carbonyl (C=O) groups excluding carboxylic acids is 2.